The van der Waals surface area contributed by atoms with E-state index in [4.69, 9.17) is 4.74 Å². The van der Waals surface area contributed by atoms with Crippen molar-refractivity contribution in [3.05, 3.63) is 58.3 Å². The number of methoxy groups -OCH3 is 1. The molecule has 3 rings (SSSR count). The van der Waals surface area contributed by atoms with E-state index in [-0.39, 0.29) is 11.8 Å². The molecule has 0 aliphatic carbocycles. The van der Waals surface area contributed by atoms with Gasteiger partial charge in [-0.15, -0.1) is 11.3 Å². The molecule has 0 bridgehead atoms. The molecule has 1 aliphatic heterocycles. The molecule has 7 heteroatoms. The van der Waals surface area contributed by atoms with E-state index in [2.05, 4.69) is 5.32 Å². The highest BCUT2D eigenvalue weighted by Gasteiger charge is 2.36. The number of rotatable bonds is 6. The highest BCUT2D eigenvalue weighted by molar-refractivity contribution is 7.12. The van der Waals surface area contributed by atoms with E-state index >= 15 is 0 Å². The summed E-state index contributed by atoms with van der Waals surface area (Å²) in [7, 11) is 1.30. The number of esters is 1. The van der Waals surface area contributed by atoms with Gasteiger partial charge < -0.3 is 15.0 Å². The highest BCUT2D eigenvalue weighted by atomic mass is 32.1. The van der Waals surface area contributed by atoms with Gasteiger partial charge >= 0.3 is 5.97 Å². The van der Waals surface area contributed by atoms with Crippen LogP contribution < -0.4 is 5.32 Å². The number of hydrogen-bond donors (Lipinski definition) is 1. The van der Waals surface area contributed by atoms with Gasteiger partial charge in [0.1, 0.15) is 12.1 Å². The Bertz CT molecular complexity index is 792. The number of carbonyl (C=O) groups excluding carboxylic acids is 3. The van der Waals surface area contributed by atoms with E-state index in [1.807, 2.05) is 41.8 Å². The smallest absolute Gasteiger partial charge is 0.328 e. The lowest BCUT2D eigenvalue weighted by molar-refractivity contribution is -0.145. The van der Waals surface area contributed by atoms with E-state index in [9.17, 15) is 14.4 Å². The van der Waals surface area contributed by atoms with Crippen molar-refractivity contribution in [3.8, 4) is 0 Å². The van der Waals surface area contributed by atoms with Crippen LogP contribution in [0.5, 0.6) is 0 Å². The topological polar surface area (TPSA) is 75.7 Å². The summed E-state index contributed by atoms with van der Waals surface area (Å²) in [5.74, 6) is -0.953. The first-order chi connectivity index (χ1) is 13.1. The van der Waals surface area contributed by atoms with Crippen LogP contribution in [0.25, 0.3) is 0 Å². The first-order valence-corrected chi connectivity index (χ1v) is 9.74. The third kappa shape index (κ3) is 4.54. The third-order valence-corrected chi connectivity index (χ3v) is 5.49. The van der Waals surface area contributed by atoms with Gasteiger partial charge in [-0.05, 0) is 29.9 Å². The maximum Gasteiger partial charge on any atom is 0.328 e. The molecule has 2 unspecified atom stereocenters. The fraction of sp³-hybridized carbons (Fsp3) is 0.350. The van der Waals surface area contributed by atoms with Gasteiger partial charge in [-0.1, -0.05) is 36.4 Å². The monoisotopic (exact) mass is 386 g/mol. The Kier molecular flexibility index (Phi) is 6.24. The molecule has 2 aromatic rings. The number of hydrogen-bond acceptors (Lipinski definition) is 5. The van der Waals surface area contributed by atoms with Crippen molar-refractivity contribution < 1.29 is 19.1 Å². The first-order valence-electron chi connectivity index (χ1n) is 8.86. The summed E-state index contributed by atoms with van der Waals surface area (Å²) < 4.78 is 4.85. The van der Waals surface area contributed by atoms with Crippen LogP contribution >= 0.6 is 11.3 Å². The zero-order valence-electron chi connectivity index (χ0n) is 15.1. The SMILES string of the molecule is COC(=O)C(Cc1ccccc1)NC(=O)C1CCCN1C(=O)c1cccs1. The second-order valence-corrected chi connectivity index (χ2v) is 7.36. The molecule has 0 radical (unpaired) electrons. The van der Waals surface area contributed by atoms with Crippen LogP contribution in [0, 0.1) is 0 Å². The van der Waals surface area contributed by atoms with Crippen LogP contribution in [0.1, 0.15) is 28.1 Å². The molecule has 1 saturated heterocycles. The number of nitrogens with one attached hydrogen (secondary N) is 1. The average molecular weight is 386 g/mol. The van der Waals surface area contributed by atoms with Gasteiger partial charge in [0.05, 0.1) is 12.0 Å². The Hall–Kier alpha value is -2.67. The number of amides is 2. The van der Waals surface area contributed by atoms with Gasteiger partial charge in [0.25, 0.3) is 5.91 Å². The van der Waals surface area contributed by atoms with E-state index in [0.29, 0.717) is 24.3 Å². The number of thiophene rings is 1. The lowest BCUT2D eigenvalue weighted by Crippen LogP contribution is -2.51. The fourth-order valence-corrected chi connectivity index (χ4v) is 3.96. The van der Waals surface area contributed by atoms with E-state index in [1.54, 1.807) is 11.0 Å². The van der Waals surface area contributed by atoms with Gasteiger partial charge in [0.15, 0.2) is 0 Å². The molecule has 1 aliphatic rings. The molecule has 1 aromatic carbocycles. The summed E-state index contributed by atoms with van der Waals surface area (Å²) in [4.78, 5) is 39.9. The molecule has 0 saturated carbocycles. The van der Waals surface area contributed by atoms with Gasteiger partial charge in [-0.25, -0.2) is 4.79 Å². The van der Waals surface area contributed by atoms with E-state index < -0.39 is 18.1 Å². The van der Waals surface area contributed by atoms with Gasteiger partial charge in [0.2, 0.25) is 5.91 Å². The van der Waals surface area contributed by atoms with Crippen molar-refractivity contribution in [1.29, 1.82) is 0 Å². The lowest BCUT2D eigenvalue weighted by atomic mass is 10.1. The number of carbonyl (C=O) groups is 3. The molecule has 2 atom stereocenters. The second kappa shape index (κ2) is 8.81. The van der Waals surface area contributed by atoms with Crippen LogP contribution in [0.2, 0.25) is 0 Å². The first kappa shape index (κ1) is 19.1. The number of ether oxygens (including phenoxy) is 1. The zero-order chi connectivity index (χ0) is 19.2. The summed E-state index contributed by atoms with van der Waals surface area (Å²) in [6.07, 6.45) is 1.68. The van der Waals surface area contributed by atoms with Crippen molar-refractivity contribution in [2.24, 2.45) is 0 Å². The highest BCUT2D eigenvalue weighted by Crippen LogP contribution is 2.22. The number of nitrogens with zero attached hydrogens (tertiary/aromatic N) is 1. The van der Waals surface area contributed by atoms with Crippen LogP contribution in [0.15, 0.2) is 47.8 Å². The van der Waals surface area contributed by atoms with Gasteiger partial charge in [0, 0.05) is 13.0 Å². The molecular weight excluding hydrogens is 364 g/mol. The lowest BCUT2D eigenvalue weighted by Gasteiger charge is -2.25. The molecule has 27 heavy (non-hydrogen) atoms. The van der Waals surface area contributed by atoms with Crippen molar-refractivity contribution >= 4 is 29.1 Å². The molecular formula is C20H22N2O4S. The molecule has 2 amide bonds. The Morgan fingerprint density at radius 2 is 2.00 bits per heavy atom. The molecule has 0 spiro atoms. The van der Waals surface area contributed by atoms with Crippen LogP contribution in [-0.2, 0) is 20.7 Å². The third-order valence-electron chi connectivity index (χ3n) is 4.63. The summed E-state index contributed by atoms with van der Waals surface area (Å²) >= 11 is 1.36. The molecule has 142 valence electrons. The summed E-state index contributed by atoms with van der Waals surface area (Å²) in [6, 6.07) is 11.7. The maximum atomic E-state index is 12.8. The van der Waals surface area contributed by atoms with Gasteiger partial charge in [-0.3, -0.25) is 9.59 Å². The quantitative estimate of drug-likeness (QED) is 0.773. The zero-order valence-corrected chi connectivity index (χ0v) is 15.9. The summed E-state index contributed by atoms with van der Waals surface area (Å²) in [6.45, 7) is 0.538. The minimum Gasteiger partial charge on any atom is -0.467 e. The summed E-state index contributed by atoms with van der Waals surface area (Å²) in [5.41, 5.74) is 0.922. The van der Waals surface area contributed by atoms with Crippen LogP contribution in [0.3, 0.4) is 0 Å². The molecule has 1 N–H and O–H groups in total. The minimum atomic E-state index is -0.788. The number of likely N-dealkylation sites (tertiary alicyclic amines) is 1. The van der Waals surface area contributed by atoms with Crippen molar-refractivity contribution in [1.82, 2.24) is 10.2 Å². The Labute approximate surface area is 162 Å². The van der Waals surface area contributed by atoms with E-state index in [0.717, 1.165) is 12.0 Å². The van der Waals surface area contributed by atoms with Crippen LogP contribution in [-0.4, -0.2) is 48.4 Å². The van der Waals surface area contributed by atoms with Crippen molar-refractivity contribution in [3.63, 3.8) is 0 Å². The average Bonchev–Trinajstić information content (AvgIpc) is 3.39. The standard InChI is InChI=1S/C20H22N2O4S/c1-26-20(25)15(13-14-7-3-2-4-8-14)21-18(23)16-9-5-11-22(16)19(24)17-10-6-12-27-17/h2-4,6-8,10,12,15-16H,5,9,11,13H2,1H3,(H,21,23). The van der Waals surface area contributed by atoms with E-state index in [1.165, 1.54) is 18.4 Å². The molecule has 6 nitrogen and oxygen atoms in total. The Morgan fingerprint density at radius 1 is 1.22 bits per heavy atom. The Balaban J connectivity index is 1.70. The van der Waals surface area contributed by atoms with Crippen molar-refractivity contribution in [2.75, 3.05) is 13.7 Å². The summed E-state index contributed by atoms with van der Waals surface area (Å²) in [5, 5.41) is 4.62. The Morgan fingerprint density at radius 3 is 2.67 bits per heavy atom. The maximum absolute atomic E-state index is 12.8. The predicted octanol–water partition coefficient (Wildman–Crippen LogP) is 2.25. The normalized spacial score (nSPS) is 17.4. The van der Waals surface area contributed by atoms with Gasteiger partial charge in [-0.2, -0.15) is 0 Å². The molecule has 2 heterocycles. The largest absolute Gasteiger partial charge is 0.467 e. The minimum absolute atomic E-state index is 0.139. The molecule has 1 fully saturated rings. The fourth-order valence-electron chi connectivity index (χ4n) is 3.28. The van der Waals surface area contributed by atoms with Crippen LogP contribution in [0.4, 0.5) is 0 Å². The second-order valence-electron chi connectivity index (χ2n) is 6.41. The van der Waals surface area contributed by atoms with Crippen molar-refractivity contribution in [2.45, 2.75) is 31.3 Å². The number of benzene rings is 1. The predicted molar refractivity (Wildman–Crippen MR) is 102 cm³/mol. The molecule has 1 aromatic heterocycles.